The third-order valence-electron chi connectivity index (χ3n) is 2.27. The SMILES string of the molecule is Cc1ccc(C=Cc2[c]cccc2)cc1. The van der Waals surface area contributed by atoms with Gasteiger partial charge in [-0.15, -0.1) is 0 Å². The number of rotatable bonds is 2. The maximum atomic E-state index is 3.16. The Labute approximate surface area is 90.9 Å². The molecule has 0 saturated heterocycles. The zero-order chi connectivity index (χ0) is 10.5. The number of hydrogen-bond donors (Lipinski definition) is 0. The molecule has 0 N–H and O–H groups in total. The summed E-state index contributed by atoms with van der Waals surface area (Å²) in [4.78, 5) is 0. The molecule has 2 aromatic carbocycles. The maximum absolute atomic E-state index is 3.16. The predicted molar refractivity (Wildman–Crippen MR) is 65.4 cm³/mol. The van der Waals surface area contributed by atoms with Gasteiger partial charge in [0.1, 0.15) is 0 Å². The van der Waals surface area contributed by atoms with Crippen molar-refractivity contribution in [3.63, 3.8) is 0 Å². The Morgan fingerprint density at radius 3 is 2.40 bits per heavy atom. The maximum Gasteiger partial charge on any atom is -0.0105 e. The normalized spacial score (nSPS) is 10.7. The van der Waals surface area contributed by atoms with Gasteiger partial charge < -0.3 is 0 Å². The molecule has 0 aromatic heterocycles. The monoisotopic (exact) mass is 193 g/mol. The minimum Gasteiger partial charge on any atom is -0.0616 e. The Kier molecular flexibility index (Phi) is 2.99. The minimum atomic E-state index is 1.11. The van der Waals surface area contributed by atoms with Crippen LogP contribution < -0.4 is 0 Å². The van der Waals surface area contributed by atoms with Crippen molar-refractivity contribution in [1.29, 1.82) is 0 Å². The summed E-state index contributed by atoms with van der Waals surface area (Å²) in [7, 11) is 0. The molecule has 2 aromatic rings. The first-order valence-electron chi connectivity index (χ1n) is 5.06. The zero-order valence-electron chi connectivity index (χ0n) is 8.77. The lowest BCUT2D eigenvalue weighted by Gasteiger charge is -1.95. The van der Waals surface area contributed by atoms with Crippen molar-refractivity contribution in [2.45, 2.75) is 6.92 Å². The third-order valence-corrected chi connectivity index (χ3v) is 2.27. The number of benzene rings is 2. The second-order valence-corrected chi connectivity index (χ2v) is 3.56. The highest BCUT2D eigenvalue weighted by atomic mass is 13.9. The summed E-state index contributed by atoms with van der Waals surface area (Å²) in [6.45, 7) is 2.10. The Morgan fingerprint density at radius 1 is 0.933 bits per heavy atom. The van der Waals surface area contributed by atoms with Crippen LogP contribution in [0.1, 0.15) is 16.7 Å². The van der Waals surface area contributed by atoms with E-state index in [-0.39, 0.29) is 0 Å². The van der Waals surface area contributed by atoms with Gasteiger partial charge in [-0.1, -0.05) is 66.2 Å². The topological polar surface area (TPSA) is 0 Å². The van der Waals surface area contributed by atoms with Gasteiger partial charge in [0.05, 0.1) is 0 Å². The highest BCUT2D eigenvalue weighted by Gasteiger charge is 1.87. The molecule has 0 heteroatoms. The van der Waals surface area contributed by atoms with E-state index in [4.69, 9.17) is 0 Å². The van der Waals surface area contributed by atoms with Crippen LogP contribution >= 0.6 is 0 Å². The molecule has 0 spiro atoms. The van der Waals surface area contributed by atoms with E-state index in [1.807, 2.05) is 24.3 Å². The van der Waals surface area contributed by atoms with Crippen molar-refractivity contribution in [1.82, 2.24) is 0 Å². The van der Waals surface area contributed by atoms with Gasteiger partial charge in [-0.25, -0.2) is 0 Å². The molecule has 0 bridgehead atoms. The molecule has 0 heterocycles. The van der Waals surface area contributed by atoms with Crippen LogP contribution in [0, 0.1) is 13.0 Å². The molecule has 0 nitrogen and oxygen atoms in total. The molecule has 0 amide bonds. The Hall–Kier alpha value is -1.82. The summed E-state index contributed by atoms with van der Waals surface area (Å²) in [5.74, 6) is 0. The summed E-state index contributed by atoms with van der Waals surface area (Å²) in [6, 6.07) is 19.6. The smallest absolute Gasteiger partial charge is 0.0105 e. The van der Waals surface area contributed by atoms with Crippen molar-refractivity contribution >= 4 is 12.2 Å². The lowest BCUT2D eigenvalue weighted by Crippen LogP contribution is -1.74. The summed E-state index contributed by atoms with van der Waals surface area (Å²) < 4.78 is 0. The van der Waals surface area contributed by atoms with E-state index in [0.29, 0.717) is 0 Å². The molecule has 15 heavy (non-hydrogen) atoms. The van der Waals surface area contributed by atoms with E-state index in [1.54, 1.807) is 0 Å². The lowest BCUT2D eigenvalue weighted by atomic mass is 10.1. The van der Waals surface area contributed by atoms with Crippen LogP contribution in [0.25, 0.3) is 12.2 Å². The van der Waals surface area contributed by atoms with E-state index in [1.165, 1.54) is 11.1 Å². The first-order chi connectivity index (χ1) is 7.34. The van der Waals surface area contributed by atoms with Crippen LogP contribution in [-0.4, -0.2) is 0 Å². The first kappa shape index (κ1) is 9.72. The Morgan fingerprint density at radius 2 is 1.73 bits per heavy atom. The second kappa shape index (κ2) is 4.61. The summed E-state index contributed by atoms with van der Waals surface area (Å²) in [6.07, 6.45) is 4.18. The van der Waals surface area contributed by atoms with Gasteiger partial charge in [-0.3, -0.25) is 0 Å². The van der Waals surface area contributed by atoms with Crippen molar-refractivity contribution < 1.29 is 0 Å². The highest BCUT2D eigenvalue weighted by Crippen LogP contribution is 2.08. The summed E-state index contributed by atoms with van der Waals surface area (Å²) in [5, 5.41) is 0. The van der Waals surface area contributed by atoms with Gasteiger partial charge in [0.2, 0.25) is 0 Å². The second-order valence-electron chi connectivity index (χ2n) is 3.56. The van der Waals surface area contributed by atoms with E-state index in [9.17, 15) is 0 Å². The van der Waals surface area contributed by atoms with Gasteiger partial charge in [0.15, 0.2) is 0 Å². The standard InChI is InChI=1S/C15H13/c1-13-7-9-15(10-8-13)12-11-14-5-3-2-4-6-14/h2-5,7-12H,1H3. The molecule has 2 rings (SSSR count). The van der Waals surface area contributed by atoms with E-state index >= 15 is 0 Å². The van der Waals surface area contributed by atoms with Crippen molar-refractivity contribution in [2.24, 2.45) is 0 Å². The molecule has 0 atom stereocenters. The molecule has 0 aliphatic carbocycles. The van der Waals surface area contributed by atoms with Gasteiger partial charge in [0, 0.05) is 0 Å². The molecule has 0 aliphatic heterocycles. The van der Waals surface area contributed by atoms with Crippen LogP contribution in [0.2, 0.25) is 0 Å². The molecular formula is C15H13. The number of aryl methyl sites for hydroxylation is 1. The molecular weight excluding hydrogens is 180 g/mol. The average Bonchev–Trinajstić information content (AvgIpc) is 2.30. The fourth-order valence-electron chi connectivity index (χ4n) is 1.37. The molecule has 0 unspecified atom stereocenters. The molecule has 0 aliphatic rings. The Bertz CT molecular complexity index is 435. The fourth-order valence-corrected chi connectivity index (χ4v) is 1.37. The lowest BCUT2D eigenvalue weighted by molar-refractivity contribution is 1.46. The fraction of sp³-hybridized carbons (Fsp3) is 0.0667. The highest BCUT2D eigenvalue weighted by molar-refractivity contribution is 5.69. The first-order valence-corrected chi connectivity index (χ1v) is 5.06. The van der Waals surface area contributed by atoms with Gasteiger partial charge in [-0.05, 0) is 24.1 Å². The van der Waals surface area contributed by atoms with E-state index in [0.717, 1.165) is 5.56 Å². The molecule has 0 saturated carbocycles. The van der Waals surface area contributed by atoms with Crippen LogP contribution in [0.3, 0.4) is 0 Å². The van der Waals surface area contributed by atoms with Crippen LogP contribution in [0.15, 0.2) is 48.5 Å². The van der Waals surface area contributed by atoms with Crippen molar-refractivity contribution in [3.05, 3.63) is 71.3 Å². The quantitative estimate of drug-likeness (QED) is 0.633. The molecule has 73 valence electrons. The van der Waals surface area contributed by atoms with Crippen LogP contribution in [0.5, 0.6) is 0 Å². The summed E-state index contributed by atoms with van der Waals surface area (Å²) in [5.41, 5.74) is 3.62. The Balaban J connectivity index is 2.15. The van der Waals surface area contributed by atoms with Crippen LogP contribution in [-0.2, 0) is 0 Å². The van der Waals surface area contributed by atoms with Gasteiger partial charge >= 0.3 is 0 Å². The summed E-state index contributed by atoms with van der Waals surface area (Å²) >= 11 is 0. The number of hydrogen-bond acceptors (Lipinski definition) is 0. The third kappa shape index (κ3) is 2.81. The largest absolute Gasteiger partial charge is 0.0616 e. The average molecular weight is 193 g/mol. The minimum absolute atomic E-state index is 1.11. The van der Waals surface area contributed by atoms with Crippen molar-refractivity contribution in [2.75, 3.05) is 0 Å². The van der Waals surface area contributed by atoms with Gasteiger partial charge in [0.25, 0.3) is 0 Å². The van der Waals surface area contributed by atoms with E-state index < -0.39 is 0 Å². The van der Waals surface area contributed by atoms with Gasteiger partial charge in [-0.2, -0.15) is 0 Å². The molecule has 0 fully saturated rings. The van der Waals surface area contributed by atoms with E-state index in [2.05, 4.69) is 49.4 Å². The zero-order valence-corrected chi connectivity index (χ0v) is 8.77. The van der Waals surface area contributed by atoms with Crippen molar-refractivity contribution in [3.8, 4) is 0 Å². The molecule has 1 radical (unpaired) electrons. The predicted octanol–water partition coefficient (Wildman–Crippen LogP) is 3.97. The van der Waals surface area contributed by atoms with Crippen LogP contribution in [0.4, 0.5) is 0 Å².